The third-order valence-corrected chi connectivity index (χ3v) is 7.64. The van der Waals surface area contributed by atoms with Crippen molar-refractivity contribution in [3.05, 3.63) is 35.8 Å². The highest BCUT2D eigenvalue weighted by molar-refractivity contribution is 5.98. The number of anilines is 1. The number of methoxy groups -OCH3 is 1. The van der Waals surface area contributed by atoms with E-state index >= 15 is 4.39 Å². The summed E-state index contributed by atoms with van der Waals surface area (Å²) in [5.74, 6) is -1.14. The molecule has 39 heavy (non-hydrogen) atoms. The predicted octanol–water partition coefficient (Wildman–Crippen LogP) is 2.85. The van der Waals surface area contributed by atoms with Crippen LogP contribution in [-0.4, -0.2) is 79.6 Å². The Bertz CT molecular complexity index is 1390. The standard InChI is InChI=1S/C25H29F4N7O3/c1-24(38)6-4-3-5-19(24)35-10-16(26)17(11-35)34-22(37)14-7-13(9-31-23(14)39-2)18-8-15(25(27,28)29)20-21(30)32-12-33-36(18)20/h7-9,12,16-17,19,38H,3-6,10-11H2,1-2H3,(H,34,37)(H2,30,32,33)/t16-,17+,19?,24?/m0/s1. The van der Waals surface area contributed by atoms with E-state index in [0.717, 1.165) is 36.2 Å². The summed E-state index contributed by atoms with van der Waals surface area (Å²) in [6.07, 6.45) is -0.656. The van der Waals surface area contributed by atoms with Crippen molar-refractivity contribution in [1.82, 2.24) is 29.8 Å². The van der Waals surface area contributed by atoms with Crippen molar-refractivity contribution in [2.45, 2.75) is 62.6 Å². The van der Waals surface area contributed by atoms with Crippen LogP contribution in [0.1, 0.15) is 48.5 Å². The summed E-state index contributed by atoms with van der Waals surface area (Å²) < 4.78 is 62.5. The average molecular weight is 552 g/mol. The molecule has 0 bridgehead atoms. The van der Waals surface area contributed by atoms with Crippen LogP contribution in [0.4, 0.5) is 23.4 Å². The van der Waals surface area contributed by atoms with Crippen molar-refractivity contribution < 1.29 is 32.2 Å². The van der Waals surface area contributed by atoms with Crippen LogP contribution in [0.3, 0.4) is 0 Å². The Balaban J connectivity index is 1.44. The molecule has 4 heterocycles. The fourth-order valence-corrected chi connectivity index (χ4v) is 5.71. The summed E-state index contributed by atoms with van der Waals surface area (Å²) in [6, 6.07) is 1.09. The molecule has 4 atom stereocenters. The minimum atomic E-state index is -4.74. The zero-order valence-corrected chi connectivity index (χ0v) is 21.4. The Labute approximate surface area is 221 Å². The largest absolute Gasteiger partial charge is 0.480 e. The second kappa shape index (κ2) is 9.90. The number of hydrogen-bond donors (Lipinski definition) is 3. The number of likely N-dealkylation sites (tertiary alicyclic amines) is 1. The molecule has 0 spiro atoms. The zero-order chi connectivity index (χ0) is 28.1. The average Bonchev–Trinajstić information content (AvgIpc) is 3.45. The Morgan fingerprint density at radius 1 is 1.26 bits per heavy atom. The lowest BCUT2D eigenvalue weighted by Gasteiger charge is -2.42. The number of hydrogen-bond acceptors (Lipinski definition) is 8. The number of nitrogens with zero attached hydrogens (tertiary/aromatic N) is 5. The summed E-state index contributed by atoms with van der Waals surface area (Å²) >= 11 is 0. The summed E-state index contributed by atoms with van der Waals surface area (Å²) in [6.45, 7) is 2.03. The molecule has 3 aromatic rings. The molecule has 0 aromatic carbocycles. The highest BCUT2D eigenvalue weighted by Gasteiger charge is 2.45. The highest BCUT2D eigenvalue weighted by Crippen LogP contribution is 2.39. The van der Waals surface area contributed by atoms with Gasteiger partial charge in [-0.2, -0.15) is 18.3 Å². The number of rotatable bonds is 5. The van der Waals surface area contributed by atoms with Crippen molar-refractivity contribution in [1.29, 1.82) is 0 Å². The number of ether oxygens (including phenoxy) is 1. The third-order valence-electron chi connectivity index (χ3n) is 7.64. The molecule has 1 saturated heterocycles. The quantitative estimate of drug-likeness (QED) is 0.413. The minimum absolute atomic E-state index is 0.0226. The van der Waals surface area contributed by atoms with Crippen LogP contribution in [0.25, 0.3) is 16.8 Å². The predicted molar refractivity (Wildman–Crippen MR) is 133 cm³/mol. The van der Waals surface area contributed by atoms with E-state index in [0.29, 0.717) is 6.42 Å². The smallest absolute Gasteiger partial charge is 0.418 e. The summed E-state index contributed by atoms with van der Waals surface area (Å²) in [7, 11) is 1.29. The second-order valence-electron chi connectivity index (χ2n) is 10.3. The molecule has 4 N–H and O–H groups in total. The van der Waals surface area contributed by atoms with E-state index in [1.54, 1.807) is 6.92 Å². The Kier molecular flexibility index (Phi) is 6.87. The highest BCUT2D eigenvalue weighted by atomic mass is 19.4. The molecule has 2 fully saturated rings. The van der Waals surface area contributed by atoms with Gasteiger partial charge in [-0.1, -0.05) is 12.8 Å². The molecular weight excluding hydrogens is 522 g/mol. The van der Waals surface area contributed by atoms with Crippen molar-refractivity contribution >= 4 is 17.2 Å². The van der Waals surface area contributed by atoms with E-state index < -0.39 is 41.0 Å². The van der Waals surface area contributed by atoms with Crippen LogP contribution in [0.2, 0.25) is 0 Å². The van der Waals surface area contributed by atoms with Crippen molar-refractivity contribution in [2.24, 2.45) is 0 Å². The Morgan fingerprint density at radius 2 is 2.03 bits per heavy atom. The maximum atomic E-state index is 15.1. The van der Waals surface area contributed by atoms with Gasteiger partial charge >= 0.3 is 6.18 Å². The number of fused-ring (bicyclic) bond motifs is 1. The first-order valence-electron chi connectivity index (χ1n) is 12.6. The summed E-state index contributed by atoms with van der Waals surface area (Å²) in [5.41, 5.74) is 3.34. The molecule has 1 saturated carbocycles. The maximum absolute atomic E-state index is 15.1. The number of nitrogens with two attached hydrogens (primary N) is 1. The van der Waals surface area contributed by atoms with E-state index in [4.69, 9.17) is 10.5 Å². The number of nitrogen functional groups attached to an aromatic ring is 1. The SMILES string of the molecule is COc1ncc(-c2cc(C(F)(F)F)c3c(N)ncnn23)cc1C(=O)N[C@@H]1CN(C2CCCCC2(C)O)C[C@@H]1F. The molecule has 2 aliphatic rings. The normalized spacial score (nSPS) is 26.2. The minimum Gasteiger partial charge on any atom is -0.480 e. The topological polar surface area (TPSA) is 131 Å². The number of amides is 1. The van der Waals surface area contributed by atoms with Gasteiger partial charge in [0.1, 0.15) is 23.6 Å². The number of halogens is 4. The molecule has 2 unspecified atom stereocenters. The molecule has 10 nitrogen and oxygen atoms in total. The van der Waals surface area contributed by atoms with Gasteiger partial charge in [-0.3, -0.25) is 9.69 Å². The number of pyridine rings is 1. The number of carbonyl (C=O) groups excluding carboxylic acids is 1. The first-order valence-corrected chi connectivity index (χ1v) is 12.6. The molecule has 5 rings (SSSR count). The van der Waals surface area contributed by atoms with E-state index in [1.165, 1.54) is 19.4 Å². The molecule has 3 aromatic heterocycles. The van der Waals surface area contributed by atoms with Gasteiger partial charge in [0, 0.05) is 30.9 Å². The van der Waals surface area contributed by atoms with Crippen LogP contribution < -0.4 is 15.8 Å². The van der Waals surface area contributed by atoms with Gasteiger partial charge in [-0.15, -0.1) is 0 Å². The fourth-order valence-electron chi connectivity index (χ4n) is 5.71. The molecule has 14 heteroatoms. The Hall–Kier alpha value is -3.52. The van der Waals surface area contributed by atoms with E-state index in [2.05, 4.69) is 20.4 Å². The van der Waals surface area contributed by atoms with E-state index in [9.17, 15) is 23.1 Å². The monoisotopic (exact) mass is 551 g/mol. The van der Waals surface area contributed by atoms with E-state index in [-0.39, 0.29) is 47.7 Å². The van der Waals surface area contributed by atoms with Gasteiger partial charge in [0.2, 0.25) is 5.88 Å². The van der Waals surface area contributed by atoms with Gasteiger partial charge in [-0.25, -0.2) is 18.9 Å². The van der Waals surface area contributed by atoms with Gasteiger partial charge < -0.3 is 20.9 Å². The molecule has 1 aliphatic heterocycles. The number of aromatic nitrogens is 4. The van der Waals surface area contributed by atoms with Gasteiger partial charge in [0.05, 0.1) is 30.0 Å². The van der Waals surface area contributed by atoms with Crippen LogP contribution >= 0.6 is 0 Å². The summed E-state index contributed by atoms with van der Waals surface area (Å²) in [5, 5.41) is 17.4. The lowest BCUT2D eigenvalue weighted by molar-refractivity contribution is -0.136. The summed E-state index contributed by atoms with van der Waals surface area (Å²) in [4.78, 5) is 22.9. The second-order valence-corrected chi connectivity index (χ2v) is 10.3. The van der Waals surface area contributed by atoms with Crippen molar-refractivity contribution in [3.63, 3.8) is 0 Å². The van der Waals surface area contributed by atoms with Crippen LogP contribution in [0, 0.1) is 0 Å². The lowest BCUT2D eigenvalue weighted by Crippen LogP contribution is -2.52. The van der Waals surface area contributed by atoms with Crippen LogP contribution in [0.15, 0.2) is 24.7 Å². The molecule has 1 aliphatic carbocycles. The maximum Gasteiger partial charge on any atom is 0.418 e. The molecule has 210 valence electrons. The van der Waals surface area contributed by atoms with Gasteiger partial charge in [0.25, 0.3) is 5.91 Å². The Morgan fingerprint density at radius 3 is 2.72 bits per heavy atom. The first kappa shape index (κ1) is 27.1. The van der Waals surface area contributed by atoms with Crippen molar-refractivity contribution in [3.8, 4) is 17.1 Å². The third kappa shape index (κ3) is 4.98. The number of alkyl halides is 4. The van der Waals surface area contributed by atoms with Gasteiger partial charge in [0.15, 0.2) is 5.82 Å². The molecule has 1 amide bonds. The van der Waals surface area contributed by atoms with E-state index in [1.807, 2.05) is 4.90 Å². The molecular formula is C25H29F4N7O3. The number of aliphatic hydroxyl groups is 1. The molecule has 0 radical (unpaired) electrons. The number of carbonyl (C=O) groups is 1. The van der Waals surface area contributed by atoms with Gasteiger partial charge in [-0.05, 0) is 31.9 Å². The zero-order valence-electron chi connectivity index (χ0n) is 21.4. The first-order chi connectivity index (χ1) is 18.4. The van der Waals surface area contributed by atoms with Crippen LogP contribution in [-0.2, 0) is 6.18 Å². The van der Waals surface area contributed by atoms with Crippen LogP contribution in [0.5, 0.6) is 5.88 Å². The van der Waals surface area contributed by atoms with Crippen molar-refractivity contribution in [2.75, 3.05) is 25.9 Å². The fraction of sp³-hybridized carbons (Fsp3) is 0.520. The number of nitrogens with one attached hydrogen (secondary N) is 1. The lowest BCUT2D eigenvalue weighted by atomic mass is 9.81.